The summed E-state index contributed by atoms with van der Waals surface area (Å²) >= 11 is 6.55. The maximum absolute atomic E-state index is 13.8. The Bertz CT molecular complexity index is 1460. The van der Waals surface area contributed by atoms with Crippen molar-refractivity contribution in [2.45, 2.75) is 48.4 Å². The van der Waals surface area contributed by atoms with Gasteiger partial charge in [0.1, 0.15) is 0 Å². The van der Waals surface area contributed by atoms with Crippen LogP contribution in [0.1, 0.15) is 43.0 Å². The van der Waals surface area contributed by atoms with Gasteiger partial charge in [0.2, 0.25) is 0 Å². The number of aliphatic hydroxyl groups is 1. The number of nitrogens with one attached hydrogen (secondary N) is 1. The number of benzene rings is 3. The van der Waals surface area contributed by atoms with Gasteiger partial charge in [0.05, 0.1) is 20.8 Å². The lowest BCUT2D eigenvalue weighted by molar-refractivity contribution is -0.0413. The van der Waals surface area contributed by atoms with Crippen LogP contribution in [0.5, 0.6) is 0 Å². The smallest absolute Gasteiger partial charge is 0.256 e. The second kappa shape index (κ2) is 9.49. The number of carbonyl (C=O) groups is 1. The molecule has 2 N–H and O–H groups in total. The number of rotatable bonds is 5. The van der Waals surface area contributed by atoms with E-state index in [4.69, 9.17) is 11.6 Å². The molecule has 2 aliphatic rings. The number of anilines is 1. The van der Waals surface area contributed by atoms with E-state index < -0.39 is 38.2 Å². The van der Waals surface area contributed by atoms with Crippen molar-refractivity contribution in [3.05, 3.63) is 82.9 Å². The van der Waals surface area contributed by atoms with Gasteiger partial charge in [-0.25, -0.2) is 17.2 Å². The molecule has 37 heavy (non-hydrogen) atoms. The molecule has 5 rings (SSSR count). The summed E-state index contributed by atoms with van der Waals surface area (Å²) < 4.78 is 54.7. The molecular weight excluding hydrogens is 520 g/mol. The Morgan fingerprint density at radius 3 is 2.27 bits per heavy atom. The van der Waals surface area contributed by atoms with Crippen LogP contribution in [0.25, 0.3) is 11.1 Å². The highest BCUT2D eigenvalue weighted by Crippen LogP contribution is 2.52. The van der Waals surface area contributed by atoms with E-state index in [1.165, 1.54) is 18.2 Å². The van der Waals surface area contributed by atoms with Crippen LogP contribution in [0.3, 0.4) is 0 Å². The van der Waals surface area contributed by atoms with Gasteiger partial charge in [0, 0.05) is 17.3 Å². The van der Waals surface area contributed by atoms with Crippen LogP contribution >= 0.6 is 11.6 Å². The monoisotopic (exact) mass is 545 g/mol. The molecule has 2 aliphatic carbocycles. The SMILES string of the molecule is C[C@@]1(O)C2CC[C@H]1C[C@H](S(=O)(=O)c1cc(C(=O)Nc3ccc(F)c(F)c3)c(-c3ccccc3)cc1Cl)C2. The van der Waals surface area contributed by atoms with Gasteiger partial charge in [-0.1, -0.05) is 41.9 Å². The summed E-state index contributed by atoms with van der Waals surface area (Å²) in [7, 11) is -3.94. The quantitative estimate of drug-likeness (QED) is 0.397. The number of halogens is 3. The normalized spacial score (nSPS) is 25.2. The predicted octanol–water partition coefficient (Wildman–Crippen LogP) is 6.25. The van der Waals surface area contributed by atoms with Gasteiger partial charge in [0.25, 0.3) is 5.91 Å². The average molecular weight is 546 g/mol. The van der Waals surface area contributed by atoms with Crippen LogP contribution in [0.15, 0.2) is 65.6 Å². The molecule has 1 amide bonds. The molecule has 0 radical (unpaired) electrons. The fraction of sp³-hybridized carbons (Fsp3) is 0.321. The first kappa shape index (κ1) is 25.8. The van der Waals surface area contributed by atoms with Gasteiger partial charge in [-0.3, -0.25) is 4.79 Å². The third kappa shape index (κ3) is 4.67. The highest BCUT2D eigenvalue weighted by Gasteiger charge is 2.53. The molecule has 1 unspecified atom stereocenters. The summed E-state index contributed by atoms with van der Waals surface area (Å²) in [5.41, 5.74) is 0.201. The average Bonchev–Trinajstić information content (AvgIpc) is 3.02. The van der Waals surface area contributed by atoms with Crippen LogP contribution in [-0.4, -0.2) is 30.3 Å². The molecule has 3 aromatic rings. The van der Waals surface area contributed by atoms with E-state index in [1.54, 1.807) is 37.3 Å². The minimum absolute atomic E-state index is 0.00656. The number of fused-ring (bicyclic) bond motifs is 2. The summed E-state index contributed by atoms with van der Waals surface area (Å²) in [6.07, 6.45) is 2.18. The van der Waals surface area contributed by atoms with Gasteiger partial charge in [-0.2, -0.15) is 0 Å². The molecule has 2 fully saturated rings. The van der Waals surface area contributed by atoms with Gasteiger partial charge < -0.3 is 10.4 Å². The Morgan fingerprint density at radius 2 is 1.65 bits per heavy atom. The van der Waals surface area contributed by atoms with Crippen molar-refractivity contribution < 1.29 is 27.1 Å². The van der Waals surface area contributed by atoms with E-state index in [2.05, 4.69) is 5.32 Å². The molecular formula is C28H26ClF2NO4S. The number of hydrogen-bond acceptors (Lipinski definition) is 4. The van der Waals surface area contributed by atoms with Gasteiger partial charge >= 0.3 is 0 Å². The van der Waals surface area contributed by atoms with E-state index in [0.717, 1.165) is 25.0 Å². The summed E-state index contributed by atoms with van der Waals surface area (Å²) in [4.78, 5) is 13.2. The van der Waals surface area contributed by atoms with E-state index in [-0.39, 0.29) is 33.0 Å². The second-order valence-electron chi connectivity index (χ2n) is 10.1. The highest BCUT2D eigenvalue weighted by molar-refractivity contribution is 7.92. The number of sulfone groups is 1. The predicted molar refractivity (Wildman–Crippen MR) is 138 cm³/mol. The summed E-state index contributed by atoms with van der Waals surface area (Å²) in [5.74, 6) is -3.11. The fourth-order valence-corrected chi connectivity index (χ4v) is 8.21. The lowest BCUT2D eigenvalue weighted by atomic mass is 9.76. The van der Waals surface area contributed by atoms with Crippen LogP contribution in [0, 0.1) is 23.5 Å². The Kier molecular flexibility index (Phi) is 6.63. The first-order valence-corrected chi connectivity index (χ1v) is 14.0. The fourth-order valence-electron chi connectivity index (χ4n) is 5.79. The van der Waals surface area contributed by atoms with Crippen LogP contribution < -0.4 is 5.32 Å². The van der Waals surface area contributed by atoms with Crippen LogP contribution in [0.2, 0.25) is 5.02 Å². The van der Waals surface area contributed by atoms with Crippen molar-refractivity contribution in [2.75, 3.05) is 5.32 Å². The van der Waals surface area contributed by atoms with Gasteiger partial charge in [-0.05, 0) is 79.8 Å². The molecule has 194 valence electrons. The van der Waals surface area contributed by atoms with E-state index >= 15 is 0 Å². The molecule has 0 heterocycles. The van der Waals surface area contributed by atoms with Crippen molar-refractivity contribution >= 4 is 33.0 Å². The zero-order chi connectivity index (χ0) is 26.5. The van der Waals surface area contributed by atoms with Crippen LogP contribution in [-0.2, 0) is 9.84 Å². The van der Waals surface area contributed by atoms with E-state index in [0.29, 0.717) is 24.0 Å². The molecule has 2 bridgehead atoms. The topological polar surface area (TPSA) is 83.5 Å². The molecule has 9 heteroatoms. The number of carbonyl (C=O) groups excluding carboxylic acids is 1. The molecule has 0 spiro atoms. The first-order chi connectivity index (χ1) is 17.5. The largest absolute Gasteiger partial charge is 0.390 e. The third-order valence-electron chi connectivity index (χ3n) is 7.94. The lowest BCUT2D eigenvalue weighted by Crippen LogP contribution is -2.45. The summed E-state index contributed by atoms with van der Waals surface area (Å²) in [5, 5.41) is 12.6. The van der Waals surface area contributed by atoms with Gasteiger partial charge in [0.15, 0.2) is 21.5 Å². The Balaban J connectivity index is 1.57. The zero-order valence-electron chi connectivity index (χ0n) is 20.0. The first-order valence-electron chi connectivity index (χ1n) is 12.1. The Labute approximate surface area is 219 Å². The maximum Gasteiger partial charge on any atom is 0.256 e. The number of hydrogen-bond donors (Lipinski definition) is 2. The summed E-state index contributed by atoms with van der Waals surface area (Å²) in [6, 6.07) is 14.6. The molecule has 0 saturated heterocycles. The Hall–Kier alpha value is -2.81. The van der Waals surface area contributed by atoms with Crippen molar-refractivity contribution in [2.24, 2.45) is 11.8 Å². The molecule has 2 saturated carbocycles. The van der Waals surface area contributed by atoms with E-state index in [9.17, 15) is 27.1 Å². The molecule has 0 aliphatic heterocycles. The molecule has 3 aromatic carbocycles. The van der Waals surface area contributed by atoms with Gasteiger partial charge in [-0.15, -0.1) is 0 Å². The van der Waals surface area contributed by atoms with Crippen molar-refractivity contribution in [3.8, 4) is 11.1 Å². The highest BCUT2D eigenvalue weighted by atomic mass is 35.5. The minimum Gasteiger partial charge on any atom is -0.390 e. The number of amides is 1. The standard InChI is InChI=1S/C28H26ClF2NO4S/c1-28(34)17-7-8-18(28)12-20(11-17)37(35,36)26-15-22(21(14-23(26)29)16-5-3-2-4-6-16)27(33)32-19-9-10-24(30)25(31)13-19/h2-6,9-10,13-15,17-18,20,34H,7-8,11-12H2,1H3,(H,32,33)/t17-,18?,20-,28-/m0/s1. The molecule has 0 aromatic heterocycles. The van der Waals surface area contributed by atoms with Crippen molar-refractivity contribution in [1.82, 2.24) is 0 Å². The van der Waals surface area contributed by atoms with Crippen LogP contribution in [0.4, 0.5) is 14.5 Å². The molecule has 5 nitrogen and oxygen atoms in total. The van der Waals surface area contributed by atoms with Crippen molar-refractivity contribution in [3.63, 3.8) is 0 Å². The second-order valence-corrected chi connectivity index (χ2v) is 12.7. The minimum atomic E-state index is -3.94. The third-order valence-corrected chi connectivity index (χ3v) is 10.6. The molecule has 4 atom stereocenters. The lowest BCUT2D eigenvalue weighted by Gasteiger charge is -2.40. The summed E-state index contributed by atoms with van der Waals surface area (Å²) in [6.45, 7) is 1.78. The Morgan fingerprint density at radius 1 is 1.00 bits per heavy atom. The van der Waals surface area contributed by atoms with E-state index in [1.807, 2.05) is 0 Å². The zero-order valence-corrected chi connectivity index (χ0v) is 21.6. The maximum atomic E-state index is 13.8. The van der Waals surface area contributed by atoms with Crippen molar-refractivity contribution in [1.29, 1.82) is 0 Å².